The van der Waals surface area contributed by atoms with Gasteiger partial charge in [-0.2, -0.15) is 4.98 Å². The summed E-state index contributed by atoms with van der Waals surface area (Å²) in [5.74, 6) is 1.15. The van der Waals surface area contributed by atoms with Crippen LogP contribution >= 0.6 is 11.6 Å². The molecule has 2 aromatic rings. The molecule has 0 bridgehead atoms. The van der Waals surface area contributed by atoms with E-state index in [0.717, 1.165) is 38.3 Å². The first kappa shape index (κ1) is 16.9. The van der Waals surface area contributed by atoms with Crippen LogP contribution in [0, 0.1) is 0 Å². The largest absolute Gasteiger partial charge is 0.467 e. The smallest absolute Gasteiger partial charge is 0.293 e. The van der Waals surface area contributed by atoms with E-state index in [0.29, 0.717) is 36.4 Å². The van der Waals surface area contributed by atoms with Gasteiger partial charge in [-0.15, -0.1) is 0 Å². The summed E-state index contributed by atoms with van der Waals surface area (Å²) in [7, 11) is 0. The normalized spacial score (nSPS) is 16.2. The molecule has 1 aliphatic heterocycles. The topological polar surface area (TPSA) is 71.7 Å². The van der Waals surface area contributed by atoms with E-state index in [1.54, 1.807) is 6.07 Å². The summed E-state index contributed by atoms with van der Waals surface area (Å²) in [6.07, 6.45) is 0. The minimum atomic E-state index is 0.442. The lowest BCUT2D eigenvalue weighted by atomic mass is 10.2. The fourth-order valence-electron chi connectivity index (χ4n) is 2.66. The second kappa shape index (κ2) is 8.23. The summed E-state index contributed by atoms with van der Waals surface area (Å²) in [6.45, 7) is 6.06. The molecule has 1 aromatic carbocycles. The summed E-state index contributed by atoms with van der Waals surface area (Å²) in [5, 5.41) is 4.69. The van der Waals surface area contributed by atoms with Gasteiger partial charge in [-0.3, -0.25) is 14.6 Å². The third-order valence-electron chi connectivity index (χ3n) is 3.96. The fourth-order valence-corrected chi connectivity index (χ4v) is 2.85. The van der Waals surface area contributed by atoms with E-state index >= 15 is 0 Å². The first-order chi connectivity index (χ1) is 11.7. The Morgan fingerprint density at radius 3 is 2.79 bits per heavy atom. The molecule has 0 saturated carbocycles. The Morgan fingerprint density at radius 2 is 2.04 bits per heavy atom. The van der Waals surface area contributed by atoms with Crippen LogP contribution in [0.4, 0.5) is 0 Å². The molecule has 7 nitrogen and oxygen atoms in total. The number of nitrogens with zero attached hydrogens (tertiary/aromatic N) is 4. The Morgan fingerprint density at radius 1 is 1.25 bits per heavy atom. The van der Waals surface area contributed by atoms with Crippen molar-refractivity contribution in [2.75, 3.05) is 39.3 Å². The first-order valence-electron chi connectivity index (χ1n) is 7.83. The van der Waals surface area contributed by atoms with E-state index in [1.165, 1.54) is 0 Å². The van der Waals surface area contributed by atoms with Crippen LogP contribution in [0.1, 0.15) is 5.82 Å². The molecule has 3 rings (SSSR count). The van der Waals surface area contributed by atoms with Gasteiger partial charge in [-0.25, -0.2) is 0 Å². The molecule has 0 radical (unpaired) electrons. The third kappa shape index (κ3) is 4.53. The third-order valence-corrected chi connectivity index (χ3v) is 4.20. The van der Waals surface area contributed by atoms with Gasteiger partial charge in [-0.05, 0) is 18.2 Å². The van der Waals surface area contributed by atoms with E-state index in [9.17, 15) is 4.79 Å². The number of rotatable bonds is 7. The number of piperazine rings is 1. The number of hydrogen-bond acceptors (Lipinski definition) is 7. The number of hydrogen-bond donors (Lipinski definition) is 0. The average molecular weight is 351 g/mol. The van der Waals surface area contributed by atoms with Gasteiger partial charge in [0.25, 0.3) is 12.4 Å². The van der Waals surface area contributed by atoms with Crippen LogP contribution in [0.5, 0.6) is 0 Å². The highest BCUT2D eigenvalue weighted by Crippen LogP contribution is 2.21. The molecule has 0 N–H and O–H groups in total. The van der Waals surface area contributed by atoms with Gasteiger partial charge in [-0.1, -0.05) is 22.8 Å². The number of carbonyl (C=O) groups excluding carboxylic acids is 1. The predicted octanol–water partition coefficient (Wildman–Crippen LogP) is 1.68. The number of ether oxygens (including phenoxy) is 1. The monoisotopic (exact) mass is 350 g/mol. The molecule has 1 saturated heterocycles. The lowest BCUT2D eigenvalue weighted by molar-refractivity contribution is -0.129. The standard InChI is InChI=1S/C16H19ClN4O3/c17-14-3-1-2-13(10-14)16-18-15(19-24-16)11-21-6-4-20(5-7-21)8-9-23-12-22/h1-3,10,12H,4-9,11H2. The molecular weight excluding hydrogens is 332 g/mol. The van der Waals surface area contributed by atoms with Gasteiger partial charge in [0.05, 0.1) is 6.54 Å². The van der Waals surface area contributed by atoms with Crippen LogP contribution in [-0.4, -0.2) is 65.7 Å². The summed E-state index contributed by atoms with van der Waals surface area (Å²) in [5.41, 5.74) is 0.821. The number of halogens is 1. The van der Waals surface area contributed by atoms with Crippen molar-refractivity contribution >= 4 is 18.1 Å². The Bertz CT molecular complexity index is 671. The molecule has 0 unspecified atom stereocenters. The van der Waals surface area contributed by atoms with Crippen molar-refractivity contribution in [1.82, 2.24) is 19.9 Å². The zero-order valence-electron chi connectivity index (χ0n) is 13.2. The van der Waals surface area contributed by atoms with Crippen LogP contribution in [0.2, 0.25) is 5.02 Å². The number of benzene rings is 1. The molecule has 2 heterocycles. The minimum absolute atomic E-state index is 0.442. The lowest BCUT2D eigenvalue weighted by Crippen LogP contribution is -2.46. The van der Waals surface area contributed by atoms with E-state index in [4.69, 9.17) is 20.9 Å². The second-order valence-electron chi connectivity index (χ2n) is 5.61. The van der Waals surface area contributed by atoms with Gasteiger partial charge in [0, 0.05) is 43.3 Å². The van der Waals surface area contributed by atoms with E-state index in [2.05, 4.69) is 19.9 Å². The van der Waals surface area contributed by atoms with Crippen molar-refractivity contribution < 1.29 is 14.1 Å². The Kier molecular flexibility index (Phi) is 5.79. The van der Waals surface area contributed by atoms with Gasteiger partial charge < -0.3 is 9.26 Å². The second-order valence-corrected chi connectivity index (χ2v) is 6.05. The van der Waals surface area contributed by atoms with Crippen molar-refractivity contribution in [2.45, 2.75) is 6.54 Å². The Hall–Kier alpha value is -1.96. The lowest BCUT2D eigenvalue weighted by Gasteiger charge is -2.33. The van der Waals surface area contributed by atoms with Crippen molar-refractivity contribution in [3.8, 4) is 11.5 Å². The highest BCUT2D eigenvalue weighted by atomic mass is 35.5. The molecule has 128 valence electrons. The summed E-state index contributed by atoms with van der Waals surface area (Å²) in [4.78, 5) is 19.1. The minimum Gasteiger partial charge on any atom is -0.467 e. The Labute approximate surface area is 145 Å². The van der Waals surface area contributed by atoms with Gasteiger partial charge in [0.1, 0.15) is 6.61 Å². The summed E-state index contributed by atoms with van der Waals surface area (Å²) in [6, 6.07) is 7.36. The maximum Gasteiger partial charge on any atom is 0.293 e. The predicted molar refractivity (Wildman–Crippen MR) is 88.5 cm³/mol. The first-order valence-corrected chi connectivity index (χ1v) is 8.21. The van der Waals surface area contributed by atoms with E-state index in [1.807, 2.05) is 18.2 Å². The molecule has 0 atom stereocenters. The molecule has 0 amide bonds. The van der Waals surface area contributed by atoms with Gasteiger partial charge in [0.15, 0.2) is 5.82 Å². The molecule has 1 fully saturated rings. The Balaban J connectivity index is 1.50. The van der Waals surface area contributed by atoms with Crippen molar-refractivity contribution in [1.29, 1.82) is 0 Å². The van der Waals surface area contributed by atoms with E-state index < -0.39 is 0 Å². The van der Waals surface area contributed by atoms with Crippen LogP contribution < -0.4 is 0 Å². The molecule has 0 aliphatic carbocycles. The highest BCUT2D eigenvalue weighted by molar-refractivity contribution is 6.30. The zero-order chi connectivity index (χ0) is 16.8. The number of carbonyl (C=O) groups is 1. The average Bonchev–Trinajstić information content (AvgIpc) is 3.05. The van der Waals surface area contributed by atoms with E-state index in [-0.39, 0.29) is 0 Å². The molecule has 24 heavy (non-hydrogen) atoms. The van der Waals surface area contributed by atoms with Crippen molar-refractivity contribution in [2.24, 2.45) is 0 Å². The maximum atomic E-state index is 10.1. The van der Waals surface area contributed by atoms with Crippen LogP contribution in [-0.2, 0) is 16.1 Å². The molecule has 0 spiro atoms. The quantitative estimate of drug-likeness (QED) is 0.555. The summed E-state index contributed by atoms with van der Waals surface area (Å²) < 4.78 is 10.1. The van der Waals surface area contributed by atoms with Gasteiger partial charge >= 0.3 is 0 Å². The van der Waals surface area contributed by atoms with Crippen molar-refractivity contribution in [3.63, 3.8) is 0 Å². The number of aromatic nitrogens is 2. The maximum absolute atomic E-state index is 10.1. The fraction of sp³-hybridized carbons (Fsp3) is 0.438. The highest BCUT2D eigenvalue weighted by Gasteiger charge is 2.19. The summed E-state index contributed by atoms with van der Waals surface area (Å²) >= 11 is 5.99. The molecular formula is C16H19ClN4O3. The molecule has 8 heteroatoms. The molecule has 1 aliphatic rings. The molecule has 1 aromatic heterocycles. The van der Waals surface area contributed by atoms with Crippen molar-refractivity contribution in [3.05, 3.63) is 35.1 Å². The van der Waals surface area contributed by atoms with Crippen LogP contribution in [0.15, 0.2) is 28.8 Å². The van der Waals surface area contributed by atoms with Crippen LogP contribution in [0.3, 0.4) is 0 Å². The zero-order valence-corrected chi connectivity index (χ0v) is 14.0. The van der Waals surface area contributed by atoms with Gasteiger partial charge in [0.2, 0.25) is 0 Å². The SMILES string of the molecule is O=COCCN1CCN(Cc2noc(-c3cccc(Cl)c3)n2)CC1. The van der Waals surface area contributed by atoms with Crippen LogP contribution in [0.25, 0.3) is 11.5 Å².